The Labute approximate surface area is 194 Å². The molecule has 2 N–H and O–H groups in total. The highest BCUT2D eigenvalue weighted by Crippen LogP contribution is 2.20. The summed E-state index contributed by atoms with van der Waals surface area (Å²) in [5.41, 5.74) is 1.41. The van der Waals surface area contributed by atoms with E-state index in [1.54, 1.807) is 7.05 Å². The Kier molecular flexibility index (Phi) is 10.3. The Morgan fingerprint density at radius 2 is 1.72 bits per heavy atom. The highest BCUT2D eigenvalue weighted by Gasteiger charge is 2.23. The largest absolute Gasteiger partial charge is 0.359 e. The minimum absolute atomic E-state index is 0.157. The smallest absolute Gasteiger partial charge is 0.220 e. The average molecular weight is 443 g/mol. The highest BCUT2D eigenvalue weighted by atomic mass is 16.1. The maximum absolute atomic E-state index is 11.6. The van der Waals surface area contributed by atoms with Crippen LogP contribution in [0.15, 0.2) is 35.3 Å². The molecular weight excluding hydrogens is 400 g/mol. The summed E-state index contributed by atoms with van der Waals surface area (Å²) in [6.45, 7) is 12.6. The standard InChI is InChI=1S/C25H42N6O/c1-3-27-25(31-14-10-22(11-15-31)20-24(32)26-2)28-12-7-13-29-16-18-30(19-17-29)21-23-8-5-4-6-9-23/h4-6,8-9,22H,3,7,10-21H2,1-2H3,(H,26,32)(H,27,28). The lowest BCUT2D eigenvalue weighted by Gasteiger charge is -2.35. The maximum atomic E-state index is 11.6. The van der Waals surface area contributed by atoms with Crippen molar-refractivity contribution in [1.29, 1.82) is 0 Å². The number of rotatable bonds is 9. The number of nitrogens with zero attached hydrogens (tertiary/aromatic N) is 4. The third-order valence-electron chi connectivity index (χ3n) is 6.61. The topological polar surface area (TPSA) is 63.2 Å². The van der Waals surface area contributed by atoms with Gasteiger partial charge in [0, 0.05) is 78.9 Å². The molecule has 0 atom stereocenters. The second kappa shape index (κ2) is 13.4. The summed E-state index contributed by atoms with van der Waals surface area (Å²) in [4.78, 5) is 24.0. The molecule has 2 aliphatic rings. The lowest BCUT2D eigenvalue weighted by atomic mass is 9.93. The molecule has 1 amide bonds. The van der Waals surface area contributed by atoms with Gasteiger partial charge in [-0.25, -0.2) is 0 Å². The number of guanidine groups is 1. The first-order valence-electron chi connectivity index (χ1n) is 12.4. The summed E-state index contributed by atoms with van der Waals surface area (Å²) in [7, 11) is 1.72. The van der Waals surface area contributed by atoms with Crippen LogP contribution in [0.5, 0.6) is 0 Å². The van der Waals surface area contributed by atoms with Crippen LogP contribution < -0.4 is 10.6 Å². The molecule has 1 aromatic carbocycles. The van der Waals surface area contributed by atoms with E-state index in [4.69, 9.17) is 4.99 Å². The van der Waals surface area contributed by atoms with Gasteiger partial charge in [0.05, 0.1) is 0 Å². The average Bonchev–Trinajstić information content (AvgIpc) is 2.83. The first kappa shape index (κ1) is 24.5. The zero-order valence-electron chi connectivity index (χ0n) is 20.1. The van der Waals surface area contributed by atoms with E-state index in [-0.39, 0.29) is 5.91 Å². The molecule has 1 aromatic rings. The van der Waals surface area contributed by atoms with Crippen LogP contribution >= 0.6 is 0 Å². The van der Waals surface area contributed by atoms with E-state index < -0.39 is 0 Å². The Morgan fingerprint density at radius 3 is 2.38 bits per heavy atom. The number of benzene rings is 1. The Balaban J connectivity index is 1.34. The monoisotopic (exact) mass is 442 g/mol. The number of amides is 1. The molecule has 0 unspecified atom stereocenters. The number of likely N-dealkylation sites (tertiary alicyclic amines) is 1. The van der Waals surface area contributed by atoms with E-state index in [0.29, 0.717) is 12.3 Å². The van der Waals surface area contributed by atoms with Gasteiger partial charge in [-0.3, -0.25) is 14.7 Å². The van der Waals surface area contributed by atoms with Gasteiger partial charge >= 0.3 is 0 Å². The maximum Gasteiger partial charge on any atom is 0.220 e. The summed E-state index contributed by atoms with van der Waals surface area (Å²) >= 11 is 0. The van der Waals surface area contributed by atoms with Gasteiger partial charge < -0.3 is 20.4 Å². The molecule has 178 valence electrons. The molecule has 7 heteroatoms. The minimum Gasteiger partial charge on any atom is -0.359 e. The second-order valence-electron chi connectivity index (χ2n) is 9.00. The van der Waals surface area contributed by atoms with Crippen molar-refractivity contribution in [2.24, 2.45) is 10.9 Å². The Morgan fingerprint density at radius 1 is 1.03 bits per heavy atom. The second-order valence-corrected chi connectivity index (χ2v) is 9.00. The van der Waals surface area contributed by atoms with Gasteiger partial charge in [-0.1, -0.05) is 30.3 Å². The van der Waals surface area contributed by atoms with Gasteiger partial charge in [0.1, 0.15) is 0 Å². The van der Waals surface area contributed by atoms with Gasteiger partial charge in [-0.05, 0) is 37.7 Å². The molecule has 0 aromatic heterocycles. The first-order chi connectivity index (χ1) is 15.7. The van der Waals surface area contributed by atoms with Crippen LogP contribution in [0.1, 0.15) is 38.2 Å². The number of piperidine rings is 1. The molecule has 2 aliphatic heterocycles. The van der Waals surface area contributed by atoms with Crippen LogP contribution in [-0.2, 0) is 11.3 Å². The number of hydrogen-bond donors (Lipinski definition) is 2. The molecule has 2 fully saturated rings. The van der Waals surface area contributed by atoms with E-state index in [1.165, 1.54) is 5.56 Å². The molecule has 0 radical (unpaired) electrons. The van der Waals surface area contributed by atoms with Crippen LogP contribution in [0.4, 0.5) is 0 Å². The van der Waals surface area contributed by atoms with Crippen LogP contribution in [-0.4, -0.2) is 92.5 Å². The van der Waals surface area contributed by atoms with Gasteiger partial charge in [0.2, 0.25) is 5.91 Å². The molecule has 3 rings (SSSR count). The summed E-state index contributed by atoms with van der Waals surface area (Å²) in [6, 6.07) is 10.8. The van der Waals surface area contributed by atoms with Crippen molar-refractivity contribution >= 4 is 11.9 Å². The van der Waals surface area contributed by atoms with Gasteiger partial charge in [0.25, 0.3) is 0 Å². The number of aliphatic imine (C=N–C) groups is 1. The summed E-state index contributed by atoms with van der Waals surface area (Å²) in [5, 5.41) is 6.21. The van der Waals surface area contributed by atoms with Gasteiger partial charge in [0.15, 0.2) is 5.96 Å². The van der Waals surface area contributed by atoms with Crippen molar-refractivity contribution in [2.45, 2.75) is 39.2 Å². The molecular formula is C25H42N6O. The van der Waals surface area contributed by atoms with E-state index in [9.17, 15) is 4.79 Å². The minimum atomic E-state index is 0.157. The predicted molar refractivity (Wildman–Crippen MR) is 132 cm³/mol. The summed E-state index contributed by atoms with van der Waals surface area (Å²) < 4.78 is 0. The first-order valence-corrected chi connectivity index (χ1v) is 12.4. The fourth-order valence-electron chi connectivity index (χ4n) is 4.63. The normalized spacial score (nSPS) is 19.2. The van der Waals surface area contributed by atoms with Crippen molar-refractivity contribution < 1.29 is 4.79 Å². The third-order valence-corrected chi connectivity index (χ3v) is 6.61. The molecule has 2 heterocycles. The molecule has 7 nitrogen and oxygen atoms in total. The van der Waals surface area contributed by atoms with Gasteiger partial charge in [-0.15, -0.1) is 0 Å². The molecule has 0 spiro atoms. The van der Waals surface area contributed by atoms with Gasteiger partial charge in [-0.2, -0.15) is 0 Å². The molecule has 0 bridgehead atoms. The number of nitrogens with one attached hydrogen (secondary N) is 2. The van der Waals surface area contributed by atoms with Crippen LogP contribution in [0.3, 0.4) is 0 Å². The SMILES string of the molecule is CCNC(=NCCCN1CCN(Cc2ccccc2)CC1)N1CCC(CC(=O)NC)CC1. The number of piperazine rings is 1. The van der Waals surface area contributed by atoms with E-state index in [2.05, 4.69) is 62.6 Å². The quantitative estimate of drug-likeness (QED) is 0.348. The number of hydrogen-bond acceptors (Lipinski definition) is 4. The zero-order valence-corrected chi connectivity index (χ0v) is 20.1. The lowest BCUT2D eigenvalue weighted by Crippen LogP contribution is -2.46. The van der Waals surface area contributed by atoms with Crippen LogP contribution in [0.2, 0.25) is 0 Å². The lowest BCUT2D eigenvalue weighted by molar-refractivity contribution is -0.121. The molecule has 2 saturated heterocycles. The van der Waals surface area contributed by atoms with Crippen molar-refractivity contribution in [3.63, 3.8) is 0 Å². The van der Waals surface area contributed by atoms with Crippen molar-refractivity contribution in [3.8, 4) is 0 Å². The van der Waals surface area contributed by atoms with Crippen LogP contribution in [0.25, 0.3) is 0 Å². The van der Waals surface area contributed by atoms with Crippen molar-refractivity contribution in [2.75, 3.05) is 66.0 Å². The summed E-state index contributed by atoms with van der Waals surface area (Å²) in [6.07, 6.45) is 3.87. The molecule has 32 heavy (non-hydrogen) atoms. The Hall–Kier alpha value is -2.12. The molecule has 0 aliphatic carbocycles. The van der Waals surface area contributed by atoms with Crippen molar-refractivity contribution in [3.05, 3.63) is 35.9 Å². The predicted octanol–water partition coefficient (Wildman–Crippen LogP) is 2.01. The van der Waals surface area contributed by atoms with Crippen molar-refractivity contribution in [1.82, 2.24) is 25.3 Å². The van der Waals surface area contributed by atoms with Crippen LogP contribution in [0, 0.1) is 5.92 Å². The van der Waals surface area contributed by atoms with E-state index in [0.717, 1.165) is 90.7 Å². The zero-order chi connectivity index (χ0) is 22.6. The molecule has 0 saturated carbocycles. The summed E-state index contributed by atoms with van der Waals surface area (Å²) in [5.74, 6) is 1.69. The number of carbonyl (C=O) groups excluding carboxylic acids is 1. The highest BCUT2D eigenvalue weighted by molar-refractivity contribution is 5.80. The Bertz CT molecular complexity index is 694. The van der Waals surface area contributed by atoms with E-state index >= 15 is 0 Å². The fraction of sp³-hybridized carbons (Fsp3) is 0.680. The number of carbonyl (C=O) groups is 1. The fourth-order valence-corrected chi connectivity index (χ4v) is 4.63. The third kappa shape index (κ3) is 8.10. The van der Waals surface area contributed by atoms with E-state index in [1.807, 2.05) is 0 Å².